The molecular weight excluding hydrogens is 250 g/mol. The number of hydrogen-bond donors (Lipinski definition) is 1. The van der Waals surface area contributed by atoms with Crippen molar-refractivity contribution in [2.75, 3.05) is 0 Å². The second-order valence-corrected chi connectivity index (χ2v) is 5.46. The van der Waals surface area contributed by atoms with Crippen LogP contribution in [0, 0.1) is 0 Å². The molecule has 0 radical (unpaired) electrons. The van der Waals surface area contributed by atoms with Crippen LogP contribution in [0.1, 0.15) is 42.3 Å². The van der Waals surface area contributed by atoms with Crippen molar-refractivity contribution in [3.63, 3.8) is 0 Å². The number of thiophene rings is 1. The molecule has 1 atom stereocenters. The second-order valence-electron chi connectivity index (χ2n) is 4.51. The fourth-order valence-corrected chi connectivity index (χ4v) is 2.66. The van der Waals surface area contributed by atoms with E-state index in [-0.39, 0.29) is 11.9 Å². The summed E-state index contributed by atoms with van der Waals surface area (Å²) < 4.78 is 5.13. The van der Waals surface area contributed by atoms with Gasteiger partial charge in [0.05, 0.1) is 0 Å². The fourth-order valence-electron chi connectivity index (χ4n) is 2.06. The molecule has 1 saturated carbocycles. The van der Waals surface area contributed by atoms with E-state index in [1.807, 2.05) is 0 Å². The molecule has 0 aliphatic heterocycles. The van der Waals surface area contributed by atoms with Crippen molar-refractivity contribution in [1.29, 1.82) is 0 Å². The third kappa shape index (κ3) is 3.32. The first-order valence-corrected chi connectivity index (χ1v) is 7.09. The lowest BCUT2D eigenvalue weighted by atomic mass is 10.2. The number of rotatable bonds is 4. The van der Waals surface area contributed by atoms with Gasteiger partial charge < -0.3 is 10.1 Å². The van der Waals surface area contributed by atoms with Crippen molar-refractivity contribution < 1.29 is 14.3 Å². The maximum atomic E-state index is 11.8. The van der Waals surface area contributed by atoms with Crippen molar-refractivity contribution in [2.45, 2.75) is 44.8 Å². The maximum absolute atomic E-state index is 11.8. The molecule has 1 fully saturated rings. The minimum Gasteiger partial charge on any atom is -0.448 e. The van der Waals surface area contributed by atoms with Gasteiger partial charge in [0.15, 0.2) is 6.10 Å². The molecular formula is C13H17NO3S. The van der Waals surface area contributed by atoms with Gasteiger partial charge in [-0.3, -0.25) is 4.79 Å². The van der Waals surface area contributed by atoms with Crippen LogP contribution in [0.5, 0.6) is 0 Å². The van der Waals surface area contributed by atoms with Gasteiger partial charge in [-0.1, -0.05) is 18.9 Å². The molecule has 5 heteroatoms. The first-order valence-electron chi connectivity index (χ1n) is 6.21. The molecule has 1 aromatic heterocycles. The Morgan fingerprint density at radius 2 is 2.17 bits per heavy atom. The fraction of sp³-hybridized carbons (Fsp3) is 0.538. The van der Waals surface area contributed by atoms with Crippen LogP contribution in [0.4, 0.5) is 0 Å². The van der Waals surface area contributed by atoms with Crippen LogP contribution >= 0.6 is 11.3 Å². The van der Waals surface area contributed by atoms with Crippen molar-refractivity contribution in [3.8, 4) is 0 Å². The van der Waals surface area contributed by atoms with E-state index in [1.54, 1.807) is 24.4 Å². The molecule has 0 bridgehead atoms. The van der Waals surface area contributed by atoms with Gasteiger partial charge in [-0.15, -0.1) is 11.3 Å². The Hall–Kier alpha value is -1.36. The number of esters is 1. The first kappa shape index (κ1) is 13.1. The van der Waals surface area contributed by atoms with E-state index in [2.05, 4.69) is 5.32 Å². The zero-order chi connectivity index (χ0) is 13.0. The summed E-state index contributed by atoms with van der Waals surface area (Å²) in [6.45, 7) is 1.61. The Kier molecular flexibility index (Phi) is 4.36. The first-order chi connectivity index (χ1) is 8.66. The maximum Gasteiger partial charge on any atom is 0.349 e. The highest BCUT2D eigenvalue weighted by Gasteiger charge is 2.23. The Bertz CT molecular complexity index is 410. The van der Waals surface area contributed by atoms with Crippen molar-refractivity contribution in [3.05, 3.63) is 22.4 Å². The number of carbonyl (C=O) groups excluding carboxylic acids is 2. The zero-order valence-electron chi connectivity index (χ0n) is 10.3. The van der Waals surface area contributed by atoms with Crippen LogP contribution in [0.3, 0.4) is 0 Å². The lowest BCUT2D eigenvalue weighted by molar-refractivity contribution is -0.129. The highest BCUT2D eigenvalue weighted by molar-refractivity contribution is 7.11. The molecule has 1 aliphatic rings. The van der Waals surface area contributed by atoms with E-state index in [9.17, 15) is 9.59 Å². The molecule has 1 aliphatic carbocycles. The number of nitrogens with one attached hydrogen (secondary N) is 1. The molecule has 1 aromatic rings. The Morgan fingerprint density at radius 1 is 1.44 bits per heavy atom. The zero-order valence-corrected chi connectivity index (χ0v) is 11.2. The van der Waals surface area contributed by atoms with E-state index in [4.69, 9.17) is 4.74 Å². The van der Waals surface area contributed by atoms with Crippen LogP contribution in [0.25, 0.3) is 0 Å². The predicted octanol–water partition coefficient (Wildman–Crippen LogP) is 2.35. The lowest BCUT2D eigenvalue weighted by Gasteiger charge is -2.16. The third-order valence-electron chi connectivity index (χ3n) is 3.08. The van der Waals surface area contributed by atoms with Gasteiger partial charge in [0.2, 0.25) is 0 Å². The Morgan fingerprint density at radius 3 is 2.78 bits per heavy atom. The monoisotopic (exact) mass is 267 g/mol. The van der Waals surface area contributed by atoms with E-state index in [0.29, 0.717) is 4.88 Å². The Labute approximate surface area is 110 Å². The van der Waals surface area contributed by atoms with E-state index >= 15 is 0 Å². The summed E-state index contributed by atoms with van der Waals surface area (Å²) >= 11 is 1.31. The number of hydrogen-bond acceptors (Lipinski definition) is 4. The van der Waals surface area contributed by atoms with Gasteiger partial charge >= 0.3 is 5.97 Å². The van der Waals surface area contributed by atoms with Crippen molar-refractivity contribution >= 4 is 23.2 Å². The molecule has 4 nitrogen and oxygen atoms in total. The van der Waals surface area contributed by atoms with Crippen LogP contribution in [0.15, 0.2) is 17.5 Å². The topological polar surface area (TPSA) is 55.4 Å². The van der Waals surface area contributed by atoms with Crippen LogP contribution in [0.2, 0.25) is 0 Å². The SMILES string of the molecule is C[C@@H](OC(=O)c1cccs1)C(=O)NC1CCCC1. The van der Waals surface area contributed by atoms with Crippen molar-refractivity contribution in [2.24, 2.45) is 0 Å². The molecule has 0 unspecified atom stereocenters. The van der Waals surface area contributed by atoms with Gasteiger partial charge in [0, 0.05) is 6.04 Å². The smallest absolute Gasteiger partial charge is 0.349 e. The summed E-state index contributed by atoms with van der Waals surface area (Å²) in [6, 6.07) is 3.72. The number of amides is 1. The predicted molar refractivity (Wildman–Crippen MR) is 69.6 cm³/mol. The minimum atomic E-state index is -0.736. The second kappa shape index (κ2) is 6.00. The molecule has 0 aromatic carbocycles. The summed E-state index contributed by atoms with van der Waals surface area (Å²) in [6.07, 6.45) is 3.64. The van der Waals surface area contributed by atoms with Gasteiger partial charge in [0.1, 0.15) is 4.88 Å². The highest BCUT2D eigenvalue weighted by Crippen LogP contribution is 2.18. The highest BCUT2D eigenvalue weighted by atomic mass is 32.1. The van der Waals surface area contributed by atoms with Gasteiger partial charge in [-0.05, 0) is 31.2 Å². The molecule has 1 N–H and O–H groups in total. The summed E-state index contributed by atoms with van der Waals surface area (Å²) in [5.74, 6) is -0.633. The van der Waals surface area contributed by atoms with Gasteiger partial charge in [-0.25, -0.2) is 4.79 Å². The standard InChI is InChI=1S/C13H17NO3S/c1-9(12(15)14-10-5-2-3-6-10)17-13(16)11-7-4-8-18-11/h4,7-10H,2-3,5-6H2,1H3,(H,14,15)/t9-/m1/s1. The number of ether oxygens (including phenoxy) is 1. The molecule has 18 heavy (non-hydrogen) atoms. The molecule has 1 amide bonds. The van der Waals surface area contributed by atoms with E-state index in [0.717, 1.165) is 25.7 Å². The van der Waals surface area contributed by atoms with Crippen LogP contribution in [-0.2, 0) is 9.53 Å². The summed E-state index contributed by atoms with van der Waals surface area (Å²) in [5, 5.41) is 4.72. The molecule has 1 heterocycles. The molecule has 0 spiro atoms. The molecule has 2 rings (SSSR count). The summed E-state index contributed by atoms with van der Waals surface area (Å²) in [5.41, 5.74) is 0. The largest absolute Gasteiger partial charge is 0.448 e. The quantitative estimate of drug-likeness (QED) is 0.852. The Balaban J connectivity index is 1.81. The van der Waals surface area contributed by atoms with Gasteiger partial charge in [0.25, 0.3) is 5.91 Å². The minimum absolute atomic E-state index is 0.202. The van der Waals surface area contributed by atoms with Gasteiger partial charge in [-0.2, -0.15) is 0 Å². The van der Waals surface area contributed by atoms with Crippen LogP contribution < -0.4 is 5.32 Å². The molecule has 0 saturated heterocycles. The normalized spacial score (nSPS) is 17.4. The average Bonchev–Trinajstić information content (AvgIpc) is 3.01. The summed E-state index contributed by atoms with van der Waals surface area (Å²) in [7, 11) is 0. The third-order valence-corrected chi connectivity index (χ3v) is 3.93. The number of carbonyl (C=O) groups is 2. The van der Waals surface area contributed by atoms with E-state index in [1.165, 1.54) is 11.3 Å². The van der Waals surface area contributed by atoms with Crippen molar-refractivity contribution in [1.82, 2.24) is 5.32 Å². The van der Waals surface area contributed by atoms with E-state index < -0.39 is 12.1 Å². The average molecular weight is 267 g/mol. The lowest BCUT2D eigenvalue weighted by Crippen LogP contribution is -2.40. The van der Waals surface area contributed by atoms with Crippen LogP contribution in [-0.4, -0.2) is 24.0 Å². The summed E-state index contributed by atoms with van der Waals surface area (Å²) in [4.78, 5) is 24.0. The molecule has 98 valence electrons.